The first-order valence-electron chi connectivity index (χ1n) is 5.44. The van der Waals surface area contributed by atoms with Crippen LogP contribution in [0.2, 0.25) is 0 Å². The highest BCUT2D eigenvalue weighted by atomic mass is 16.5. The molecule has 0 aliphatic rings. The molecule has 1 aromatic carbocycles. The smallest absolute Gasteiger partial charge is 0.174 e. The van der Waals surface area contributed by atoms with Crippen LogP contribution in [0.25, 0.3) is 0 Å². The molecule has 0 spiro atoms. The maximum atomic E-state index is 5.45. The number of pyridine rings is 1. The molecule has 1 aromatic heterocycles. The van der Waals surface area contributed by atoms with Gasteiger partial charge in [0.25, 0.3) is 0 Å². The van der Waals surface area contributed by atoms with Crippen LogP contribution in [-0.2, 0) is 0 Å². The third-order valence-corrected chi connectivity index (χ3v) is 2.07. The average Bonchev–Trinajstić information content (AvgIpc) is 2.39. The minimum Gasteiger partial charge on any atom is -0.492 e. The van der Waals surface area contributed by atoms with Gasteiger partial charge in [-0.25, -0.2) is 4.98 Å². The molecule has 0 fully saturated rings. The third-order valence-electron chi connectivity index (χ3n) is 2.07. The molecule has 0 radical (unpaired) electrons. The molecule has 2 aromatic rings. The molecular weight excluding hydrogens is 214 g/mol. The van der Waals surface area contributed by atoms with Crippen LogP contribution in [0.3, 0.4) is 0 Å². The normalized spacial score (nSPS) is 10.6. The second kappa shape index (κ2) is 5.75. The minimum absolute atomic E-state index is 0.582. The summed E-state index contributed by atoms with van der Waals surface area (Å²) < 4.78 is 5.45. The van der Waals surface area contributed by atoms with Crippen molar-refractivity contribution >= 4 is 11.5 Å². The number of ether oxygens (including phenoxy) is 1. The molecule has 0 bridgehead atoms. The molecule has 1 heterocycles. The van der Waals surface area contributed by atoms with Crippen LogP contribution >= 0.6 is 0 Å². The van der Waals surface area contributed by atoms with Gasteiger partial charge in [0, 0.05) is 6.20 Å². The second-order valence-corrected chi connectivity index (χ2v) is 3.29. The van der Waals surface area contributed by atoms with Crippen LogP contribution in [0, 0.1) is 0 Å². The zero-order valence-corrected chi connectivity index (χ0v) is 9.58. The molecule has 0 saturated heterocycles. The lowest BCUT2D eigenvalue weighted by atomic mass is 10.3. The summed E-state index contributed by atoms with van der Waals surface area (Å²) in [4.78, 5) is 4.07. The number of hydrogen-bond acceptors (Lipinski definition) is 4. The van der Waals surface area contributed by atoms with E-state index < -0.39 is 0 Å². The lowest BCUT2D eigenvalue weighted by Gasteiger charge is -2.04. The Morgan fingerprint density at radius 3 is 2.65 bits per heavy atom. The molecule has 86 valence electrons. The summed E-state index contributed by atoms with van der Waals surface area (Å²) in [6.45, 7) is 2.54. The maximum absolute atomic E-state index is 5.45. The van der Waals surface area contributed by atoms with Crippen LogP contribution in [0.5, 0.6) is 5.75 Å². The highest BCUT2D eigenvalue weighted by Crippen LogP contribution is 2.28. The molecule has 0 aliphatic heterocycles. The Morgan fingerprint density at radius 2 is 1.88 bits per heavy atom. The summed E-state index contributed by atoms with van der Waals surface area (Å²) in [6.07, 6.45) is 1.68. The Bertz CT molecular complexity index is 497. The van der Waals surface area contributed by atoms with Gasteiger partial charge >= 0.3 is 0 Å². The van der Waals surface area contributed by atoms with E-state index in [0.29, 0.717) is 18.1 Å². The molecule has 2 rings (SSSR count). The van der Waals surface area contributed by atoms with Crippen molar-refractivity contribution in [3.8, 4) is 5.75 Å². The predicted octanol–water partition coefficient (Wildman–Crippen LogP) is 3.90. The van der Waals surface area contributed by atoms with Crippen LogP contribution in [0.1, 0.15) is 6.92 Å². The fraction of sp³-hybridized carbons (Fsp3) is 0.154. The number of nitrogens with zero attached hydrogens (tertiary/aromatic N) is 3. The largest absolute Gasteiger partial charge is 0.492 e. The number of hydrogen-bond donors (Lipinski definition) is 0. The highest BCUT2D eigenvalue weighted by Gasteiger charge is 2.00. The van der Waals surface area contributed by atoms with Crippen molar-refractivity contribution in [3.05, 3.63) is 48.7 Å². The quantitative estimate of drug-likeness (QED) is 0.744. The van der Waals surface area contributed by atoms with Gasteiger partial charge < -0.3 is 4.74 Å². The van der Waals surface area contributed by atoms with Crippen LogP contribution in [0.15, 0.2) is 58.9 Å². The topological polar surface area (TPSA) is 46.8 Å². The van der Waals surface area contributed by atoms with Crippen molar-refractivity contribution in [2.24, 2.45) is 10.2 Å². The van der Waals surface area contributed by atoms with E-state index in [-0.39, 0.29) is 0 Å². The summed E-state index contributed by atoms with van der Waals surface area (Å²) >= 11 is 0. The fourth-order valence-corrected chi connectivity index (χ4v) is 1.34. The molecule has 17 heavy (non-hydrogen) atoms. The van der Waals surface area contributed by atoms with Gasteiger partial charge in [0.15, 0.2) is 5.82 Å². The van der Waals surface area contributed by atoms with E-state index in [0.717, 1.165) is 5.75 Å². The van der Waals surface area contributed by atoms with Crippen LogP contribution < -0.4 is 4.74 Å². The number of aromatic nitrogens is 1. The van der Waals surface area contributed by atoms with E-state index in [2.05, 4.69) is 15.2 Å². The van der Waals surface area contributed by atoms with Gasteiger partial charge in [0.1, 0.15) is 11.4 Å². The number of benzene rings is 1. The molecule has 4 nitrogen and oxygen atoms in total. The lowest BCUT2D eigenvalue weighted by Crippen LogP contribution is -1.90. The first kappa shape index (κ1) is 11.3. The predicted molar refractivity (Wildman–Crippen MR) is 66.0 cm³/mol. The SMILES string of the molecule is CCOc1ccccc1N=Nc1ccccn1. The molecule has 0 aliphatic carbocycles. The summed E-state index contributed by atoms with van der Waals surface area (Å²) in [5, 5.41) is 8.19. The Hall–Kier alpha value is -2.23. The summed E-state index contributed by atoms with van der Waals surface area (Å²) in [7, 11) is 0. The Morgan fingerprint density at radius 1 is 1.06 bits per heavy atom. The van der Waals surface area contributed by atoms with Crippen LogP contribution in [-0.4, -0.2) is 11.6 Å². The molecule has 4 heteroatoms. The standard InChI is InChI=1S/C13H13N3O/c1-2-17-12-8-4-3-7-11(12)15-16-13-9-5-6-10-14-13/h3-10H,2H2,1H3. The molecule has 0 saturated carbocycles. The van der Waals surface area contributed by atoms with Crippen molar-refractivity contribution in [1.82, 2.24) is 4.98 Å². The second-order valence-electron chi connectivity index (χ2n) is 3.29. The van der Waals surface area contributed by atoms with E-state index in [1.807, 2.05) is 43.3 Å². The lowest BCUT2D eigenvalue weighted by molar-refractivity contribution is 0.341. The highest BCUT2D eigenvalue weighted by molar-refractivity contribution is 5.51. The van der Waals surface area contributed by atoms with Gasteiger partial charge in [-0.15, -0.1) is 10.2 Å². The molecular formula is C13H13N3O. The van der Waals surface area contributed by atoms with E-state index in [4.69, 9.17) is 4.74 Å². The van der Waals surface area contributed by atoms with E-state index in [1.165, 1.54) is 0 Å². The van der Waals surface area contributed by atoms with Crippen molar-refractivity contribution in [2.45, 2.75) is 6.92 Å². The Balaban J connectivity index is 2.21. The molecule has 0 unspecified atom stereocenters. The maximum Gasteiger partial charge on any atom is 0.174 e. The summed E-state index contributed by atoms with van der Waals surface area (Å²) in [5.74, 6) is 1.31. The minimum atomic E-state index is 0.582. The first-order valence-corrected chi connectivity index (χ1v) is 5.44. The zero-order valence-electron chi connectivity index (χ0n) is 9.58. The summed E-state index contributed by atoms with van der Waals surface area (Å²) in [5.41, 5.74) is 0.708. The number of azo groups is 1. The van der Waals surface area contributed by atoms with E-state index >= 15 is 0 Å². The van der Waals surface area contributed by atoms with Gasteiger partial charge in [0.2, 0.25) is 0 Å². The van der Waals surface area contributed by atoms with E-state index in [9.17, 15) is 0 Å². The van der Waals surface area contributed by atoms with E-state index in [1.54, 1.807) is 12.3 Å². The van der Waals surface area contributed by atoms with Gasteiger partial charge in [-0.05, 0) is 31.2 Å². The van der Waals surface area contributed by atoms with Crippen LogP contribution in [0.4, 0.5) is 11.5 Å². The molecule has 0 amide bonds. The third kappa shape index (κ3) is 3.11. The Labute approximate surface area is 100.0 Å². The monoisotopic (exact) mass is 227 g/mol. The van der Waals surface area contributed by atoms with Crippen molar-refractivity contribution < 1.29 is 4.74 Å². The fourth-order valence-electron chi connectivity index (χ4n) is 1.34. The van der Waals surface area contributed by atoms with Gasteiger partial charge in [-0.3, -0.25) is 0 Å². The van der Waals surface area contributed by atoms with Gasteiger partial charge in [-0.2, -0.15) is 0 Å². The zero-order chi connectivity index (χ0) is 11.9. The summed E-state index contributed by atoms with van der Waals surface area (Å²) in [6, 6.07) is 13.0. The van der Waals surface area contributed by atoms with Gasteiger partial charge in [0.05, 0.1) is 6.61 Å². The molecule has 0 atom stereocenters. The van der Waals surface area contributed by atoms with Crippen molar-refractivity contribution in [3.63, 3.8) is 0 Å². The number of para-hydroxylation sites is 1. The number of rotatable bonds is 4. The van der Waals surface area contributed by atoms with Gasteiger partial charge in [-0.1, -0.05) is 18.2 Å². The van der Waals surface area contributed by atoms with Crippen molar-refractivity contribution in [1.29, 1.82) is 0 Å². The molecule has 0 N–H and O–H groups in total. The average molecular weight is 227 g/mol. The Kier molecular flexibility index (Phi) is 3.81. The first-order chi connectivity index (χ1) is 8.40. The van der Waals surface area contributed by atoms with Crippen molar-refractivity contribution in [2.75, 3.05) is 6.61 Å².